The first-order valence-corrected chi connectivity index (χ1v) is 10.4. The highest BCUT2D eigenvalue weighted by atomic mass is 32.1. The van der Waals surface area contributed by atoms with Crippen molar-refractivity contribution in [3.63, 3.8) is 0 Å². The summed E-state index contributed by atoms with van der Waals surface area (Å²) in [6.07, 6.45) is 2.77. The topological polar surface area (TPSA) is 72.9 Å². The molecule has 0 spiro atoms. The van der Waals surface area contributed by atoms with Crippen molar-refractivity contribution >= 4 is 23.3 Å². The summed E-state index contributed by atoms with van der Waals surface area (Å²) in [5.74, 6) is -0.971. The quantitative estimate of drug-likeness (QED) is 0.689. The minimum Gasteiger partial charge on any atom is -0.481 e. The Kier molecular flexibility index (Phi) is 8.38. The van der Waals surface area contributed by atoms with Crippen LogP contribution in [0.4, 0.5) is 4.79 Å². The van der Waals surface area contributed by atoms with Gasteiger partial charge in [-0.25, -0.2) is 4.79 Å². The van der Waals surface area contributed by atoms with Gasteiger partial charge in [-0.3, -0.25) is 4.79 Å². The molecule has 6 nitrogen and oxygen atoms in total. The highest BCUT2D eigenvalue weighted by molar-refractivity contribution is 7.09. The molecule has 0 aromatic carbocycles. The molecule has 0 unspecified atom stereocenters. The van der Waals surface area contributed by atoms with Gasteiger partial charge in [0.2, 0.25) is 0 Å². The van der Waals surface area contributed by atoms with Crippen LogP contribution in [-0.2, 0) is 11.3 Å². The van der Waals surface area contributed by atoms with Crippen LogP contribution in [0.3, 0.4) is 0 Å². The van der Waals surface area contributed by atoms with Crippen molar-refractivity contribution in [2.24, 2.45) is 5.92 Å². The predicted octanol–water partition coefficient (Wildman–Crippen LogP) is 3.24. The molecule has 146 valence electrons. The Morgan fingerprint density at radius 2 is 1.88 bits per heavy atom. The van der Waals surface area contributed by atoms with E-state index in [1.165, 1.54) is 4.88 Å². The zero-order chi connectivity index (χ0) is 18.9. The highest BCUT2D eigenvalue weighted by Crippen LogP contribution is 2.24. The number of amides is 2. The molecule has 1 heterocycles. The number of likely N-dealkylation sites (N-methyl/N-ethyl adjacent to an activating group) is 1. The first kappa shape index (κ1) is 20.7. The molecule has 1 aliphatic rings. The standard InChI is InChI=1S/C19H31N3O3S/c1-3-21(4-2)11-12-22(14-17-6-5-13-26-17)19(25)20-16-9-7-15(8-10-16)18(23)24/h5-6,13,15-16H,3-4,7-12,14H2,1-2H3,(H,20,25)(H,23,24). The second kappa shape index (κ2) is 10.5. The third-order valence-corrected chi connectivity index (χ3v) is 6.06. The maximum atomic E-state index is 12.8. The van der Waals surface area contributed by atoms with Crippen LogP contribution < -0.4 is 5.32 Å². The van der Waals surface area contributed by atoms with Crippen LogP contribution in [0, 0.1) is 5.92 Å². The predicted molar refractivity (Wildman–Crippen MR) is 104 cm³/mol. The number of carboxylic acids is 1. The Morgan fingerprint density at radius 1 is 1.19 bits per heavy atom. The molecular weight excluding hydrogens is 350 g/mol. The Morgan fingerprint density at radius 3 is 2.42 bits per heavy atom. The monoisotopic (exact) mass is 381 g/mol. The molecule has 1 aliphatic carbocycles. The molecule has 0 bridgehead atoms. The molecule has 0 aliphatic heterocycles. The lowest BCUT2D eigenvalue weighted by Crippen LogP contribution is -2.48. The van der Waals surface area contributed by atoms with Crippen molar-refractivity contribution in [1.82, 2.24) is 15.1 Å². The smallest absolute Gasteiger partial charge is 0.317 e. The molecule has 26 heavy (non-hydrogen) atoms. The van der Waals surface area contributed by atoms with Gasteiger partial charge in [0, 0.05) is 24.0 Å². The summed E-state index contributed by atoms with van der Waals surface area (Å²) in [6, 6.07) is 4.11. The maximum absolute atomic E-state index is 12.8. The van der Waals surface area contributed by atoms with Crippen LogP contribution in [-0.4, -0.2) is 59.1 Å². The molecule has 0 radical (unpaired) electrons. The van der Waals surface area contributed by atoms with Gasteiger partial charge in [0.15, 0.2) is 0 Å². The second-order valence-corrected chi connectivity index (χ2v) is 7.90. The van der Waals surface area contributed by atoms with E-state index in [4.69, 9.17) is 5.11 Å². The van der Waals surface area contributed by atoms with Crippen LogP contribution in [0.15, 0.2) is 17.5 Å². The average Bonchev–Trinajstić information content (AvgIpc) is 3.15. The van der Waals surface area contributed by atoms with Gasteiger partial charge >= 0.3 is 12.0 Å². The lowest BCUT2D eigenvalue weighted by Gasteiger charge is -2.31. The largest absolute Gasteiger partial charge is 0.481 e. The van der Waals surface area contributed by atoms with Crippen LogP contribution in [0.25, 0.3) is 0 Å². The molecule has 1 saturated carbocycles. The molecule has 7 heteroatoms. The van der Waals surface area contributed by atoms with Gasteiger partial charge in [-0.1, -0.05) is 19.9 Å². The third-order valence-electron chi connectivity index (χ3n) is 5.20. The summed E-state index contributed by atoms with van der Waals surface area (Å²) in [5.41, 5.74) is 0. The van der Waals surface area contributed by atoms with E-state index in [1.807, 2.05) is 16.3 Å². The molecule has 2 N–H and O–H groups in total. The van der Waals surface area contributed by atoms with Crippen molar-refractivity contribution in [2.45, 2.75) is 52.1 Å². The molecule has 1 fully saturated rings. The van der Waals surface area contributed by atoms with E-state index < -0.39 is 5.97 Å². The van der Waals surface area contributed by atoms with Crippen LogP contribution in [0.5, 0.6) is 0 Å². The maximum Gasteiger partial charge on any atom is 0.317 e. The van der Waals surface area contributed by atoms with Gasteiger partial charge in [0.1, 0.15) is 0 Å². The average molecular weight is 382 g/mol. The summed E-state index contributed by atoms with van der Waals surface area (Å²) in [6.45, 7) is 8.39. The minimum absolute atomic E-state index is 0.0377. The first-order valence-electron chi connectivity index (χ1n) is 9.56. The molecule has 2 rings (SSSR count). The molecule has 1 aromatic heterocycles. The van der Waals surface area contributed by atoms with Crippen molar-refractivity contribution < 1.29 is 14.7 Å². The van der Waals surface area contributed by atoms with E-state index in [0.717, 1.165) is 32.5 Å². The Hall–Kier alpha value is -1.60. The van der Waals surface area contributed by atoms with Crippen molar-refractivity contribution in [3.05, 3.63) is 22.4 Å². The summed E-state index contributed by atoms with van der Waals surface area (Å²) in [7, 11) is 0. The number of carbonyl (C=O) groups is 2. The van der Waals surface area contributed by atoms with Gasteiger partial charge in [-0.15, -0.1) is 11.3 Å². The summed E-state index contributed by atoms with van der Waals surface area (Å²) >= 11 is 1.66. The van der Waals surface area contributed by atoms with Gasteiger partial charge < -0.3 is 20.2 Å². The van der Waals surface area contributed by atoms with Gasteiger partial charge in [-0.2, -0.15) is 0 Å². The van der Waals surface area contributed by atoms with E-state index >= 15 is 0 Å². The second-order valence-electron chi connectivity index (χ2n) is 6.86. The van der Waals surface area contributed by atoms with Crippen LogP contribution >= 0.6 is 11.3 Å². The molecule has 0 saturated heterocycles. The normalized spacial score (nSPS) is 20.1. The number of hydrogen-bond acceptors (Lipinski definition) is 4. The van der Waals surface area contributed by atoms with Gasteiger partial charge in [0.25, 0.3) is 0 Å². The van der Waals surface area contributed by atoms with Crippen molar-refractivity contribution in [1.29, 1.82) is 0 Å². The van der Waals surface area contributed by atoms with Gasteiger partial charge in [0.05, 0.1) is 12.5 Å². The van der Waals surface area contributed by atoms with E-state index in [2.05, 4.69) is 30.1 Å². The fraction of sp³-hybridized carbons (Fsp3) is 0.684. The number of thiophene rings is 1. The SMILES string of the molecule is CCN(CC)CCN(Cc1cccs1)C(=O)NC1CCC(C(=O)O)CC1. The fourth-order valence-electron chi connectivity index (χ4n) is 3.40. The summed E-state index contributed by atoms with van der Waals surface area (Å²) in [4.78, 5) is 29.3. The fourth-order valence-corrected chi connectivity index (χ4v) is 4.12. The van der Waals surface area contributed by atoms with Crippen molar-refractivity contribution in [2.75, 3.05) is 26.2 Å². The Labute approximate surface area is 160 Å². The lowest BCUT2D eigenvalue weighted by molar-refractivity contribution is -0.142. The molecule has 1 aromatic rings. The van der Waals surface area contributed by atoms with E-state index in [1.54, 1.807) is 11.3 Å². The number of nitrogens with zero attached hydrogens (tertiary/aromatic N) is 2. The van der Waals surface area contributed by atoms with E-state index in [0.29, 0.717) is 25.9 Å². The number of urea groups is 1. The number of carbonyl (C=O) groups excluding carboxylic acids is 1. The lowest BCUT2D eigenvalue weighted by atomic mass is 9.86. The van der Waals surface area contributed by atoms with Crippen LogP contribution in [0.2, 0.25) is 0 Å². The number of aliphatic carboxylic acids is 1. The van der Waals surface area contributed by atoms with Crippen molar-refractivity contribution in [3.8, 4) is 0 Å². The van der Waals surface area contributed by atoms with E-state index in [-0.39, 0.29) is 18.0 Å². The Bertz CT molecular complexity index is 552. The zero-order valence-corrected chi connectivity index (χ0v) is 16.6. The van der Waals surface area contributed by atoms with Gasteiger partial charge in [-0.05, 0) is 50.2 Å². The molecular formula is C19H31N3O3S. The summed E-state index contributed by atoms with van der Waals surface area (Å²) < 4.78 is 0. The number of rotatable bonds is 9. The van der Waals surface area contributed by atoms with E-state index in [9.17, 15) is 9.59 Å². The first-order chi connectivity index (χ1) is 12.5. The third kappa shape index (κ3) is 6.29. The zero-order valence-electron chi connectivity index (χ0n) is 15.8. The highest BCUT2D eigenvalue weighted by Gasteiger charge is 2.28. The molecule has 0 atom stereocenters. The number of nitrogens with one attached hydrogen (secondary N) is 1. The number of carboxylic acid groups (broad SMARTS) is 1. The molecule has 2 amide bonds. The Balaban J connectivity index is 1.90. The summed E-state index contributed by atoms with van der Waals surface area (Å²) in [5, 5.41) is 14.3. The van der Waals surface area contributed by atoms with Crippen LogP contribution in [0.1, 0.15) is 44.4 Å². The number of hydrogen-bond donors (Lipinski definition) is 2. The minimum atomic E-state index is -0.715.